The topological polar surface area (TPSA) is 122 Å². The van der Waals surface area contributed by atoms with Crippen molar-refractivity contribution in [3.63, 3.8) is 0 Å². The van der Waals surface area contributed by atoms with Crippen LogP contribution in [0.5, 0.6) is 0 Å². The van der Waals surface area contributed by atoms with Gasteiger partial charge in [0.15, 0.2) is 17.4 Å². The minimum atomic E-state index is -1.08. The summed E-state index contributed by atoms with van der Waals surface area (Å²) in [5.41, 5.74) is 8.66. The number of nitrogens with zero attached hydrogens (tertiary/aromatic N) is 2. The maximum Gasteiger partial charge on any atom is 0.323 e. The van der Waals surface area contributed by atoms with Crippen molar-refractivity contribution in [2.75, 3.05) is 29.0 Å². The quantitative estimate of drug-likeness (QED) is 0.292. The Morgan fingerprint density at radius 1 is 0.914 bits per heavy atom. The van der Waals surface area contributed by atoms with E-state index in [4.69, 9.17) is 5.73 Å². The van der Waals surface area contributed by atoms with E-state index in [1.165, 1.54) is 6.07 Å². The van der Waals surface area contributed by atoms with E-state index in [2.05, 4.69) is 25.9 Å². The van der Waals surface area contributed by atoms with E-state index in [0.717, 1.165) is 12.1 Å². The van der Waals surface area contributed by atoms with Crippen LogP contribution in [0, 0.1) is 18.6 Å². The molecule has 1 aromatic heterocycles. The smallest absolute Gasteiger partial charge is 0.323 e. The molecule has 4 rings (SSSR count). The summed E-state index contributed by atoms with van der Waals surface area (Å²) >= 11 is 0. The second-order valence-corrected chi connectivity index (χ2v) is 7.74. The third-order valence-electron chi connectivity index (χ3n) is 5.17. The van der Waals surface area contributed by atoms with Gasteiger partial charge < -0.3 is 21.7 Å². The van der Waals surface area contributed by atoms with Crippen LogP contribution >= 0.6 is 0 Å². The monoisotopic (exact) mass is 476 g/mol. The SMILES string of the molecule is Cc1ccc(NC(=O)Nc2ccc(F)c(F)c2)cc1C(=O)c1ccc2ncc(NCCN)nc2c1. The maximum absolute atomic E-state index is 13.4. The molecule has 0 bridgehead atoms. The Bertz CT molecular complexity index is 1430. The average molecular weight is 476 g/mol. The molecule has 0 aliphatic carbocycles. The molecule has 1 heterocycles. The van der Waals surface area contributed by atoms with Gasteiger partial charge in [-0.25, -0.2) is 18.6 Å². The molecule has 0 atom stereocenters. The molecule has 5 N–H and O–H groups in total. The molecule has 0 saturated carbocycles. The molecule has 0 spiro atoms. The number of urea groups is 1. The van der Waals surface area contributed by atoms with E-state index < -0.39 is 17.7 Å². The van der Waals surface area contributed by atoms with Crippen LogP contribution in [-0.4, -0.2) is 34.9 Å². The summed E-state index contributed by atoms with van der Waals surface area (Å²) in [6, 6.07) is 12.3. The van der Waals surface area contributed by atoms with E-state index in [0.29, 0.717) is 52.3 Å². The second kappa shape index (κ2) is 10.2. The second-order valence-electron chi connectivity index (χ2n) is 7.74. The van der Waals surface area contributed by atoms with Crippen LogP contribution in [0.3, 0.4) is 0 Å². The number of rotatable bonds is 7. The first-order chi connectivity index (χ1) is 16.8. The number of amides is 2. The van der Waals surface area contributed by atoms with E-state index in [1.54, 1.807) is 49.5 Å². The lowest BCUT2D eigenvalue weighted by Gasteiger charge is -2.11. The molecule has 0 fully saturated rings. The first-order valence-electron chi connectivity index (χ1n) is 10.7. The largest absolute Gasteiger partial charge is 0.368 e. The molecule has 4 aromatic rings. The van der Waals surface area contributed by atoms with Crippen LogP contribution in [0.4, 0.5) is 30.8 Å². The molecule has 2 amide bonds. The summed E-state index contributed by atoms with van der Waals surface area (Å²) in [4.78, 5) is 34.4. The van der Waals surface area contributed by atoms with Gasteiger partial charge >= 0.3 is 6.03 Å². The number of halogens is 2. The number of carbonyl (C=O) groups is 2. The predicted molar refractivity (Wildman–Crippen MR) is 131 cm³/mol. The van der Waals surface area contributed by atoms with Crippen LogP contribution in [0.25, 0.3) is 11.0 Å². The number of aryl methyl sites for hydroxylation is 1. The van der Waals surface area contributed by atoms with Crippen LogP contribution in [0.15, 0.2) is 60.8 Å². The van der Waals surface area contributed by atoms with Crippen molar-refractivity contribution in [3.8, 4) is 0 Å². The van der Waals surface area contributed by atoms with Crippen molar-refractivity contribution in [1.82, 2.24) is 9.97 Å². The summed E-state index contributed by atoms with van der Waals surface area (Å²) < 4.78 is 26.5. The Hall–Kier alpha value is -4.44. The Labute approximate surface area is 199 Å². The van der Waals surface area contributed by atoms with Gasteiger partial charge in [0, 0.05) is 41.7 Å². The molecular weight excluding hydrogens is 454 g/mol. The average Bonchev–Trinajstić information content (AvgIpc) is 2.85. The van der Waals surface area contributed by atoms with Gasteiger partial charge in [0.1, 0.15) is 5.82 Å². The summed E-state index contributed by atoms with van der Waals surface area (Å²) in [6.07, 6.45) is 1.60. The van der Waals surface area contributed by atoms with Gasteiger partial charge in [-0.1, -0.05) is 6.07 Å². The molecule has 10 heteroatoms. The van der Waals surface area contributed by atoms with E-state index >= 15 is 0 Å². The number of hydrogen-bond donors (Lipinski definition) is 4. The number of nitrogens with two attached hydrogens (primary N) is 1. The normalized spacial score (nSPS) is 10.7. The van der Waals surface area contributed by atoms with Crippen molar-refractivity contribution in [2.45, 2.75) is 6.92 Å². The molecular formula is C25H22F2N6O2. The number of nitrogens with one attached hydrogen (secondary N) is 3. The van der Waals surface area contributed by atoms with Crippen LogP contribution < -0.4 is 21.7 Å². The summed E-state index contributed by atoms with van der Waals surface area (Å²) in [5.74, 6) is -1.79. The van der Waals surface area contributed by atoms with Crippen LogP contribution in [0.2, 0.25) is 0 Å². The Balaban J connectivity index is 1.54. The van der Waals surface area contributed by atoms with Crippen LogP contribution in [-0.2, 0) is 0 Å². The molecule has 3 aromatic carbocycles. The number of hydrogen-bond acceptors (Lipinski definition) is 6. The minimum absolute atomic E-state index is 0.0856. The first-order valence-corrected chi connectivity index (χ1v) is 10.7. The molecule has 0 aliphatic rings. The van der Waals surface area contributed by atoms with E-state index in [1.807, 2.05) is 0 Å². The highest BCUT2D eigenvalue weighted by Gasteiger charge is 2.15. The highest BCUT2D eigenvalue weighted by Crippen LogP contribution is 2.22. The molecule has 0 saturated heterocycles. The van der Waals surface area contributed by atoms with Gasteiger partial charge in [-0.3, -0.25) is 9.78 Å². The molecule has 0 aliphatic heterocycles. The molecule has 0 unspecified atom stereocenters. The van der Waals surface area contributed by atoms with Crippen molar-refractivity contribution in [2.24, 2.45) is 5.73 Å². The summed E-state index contributed by atoms with van der Waals surface area (Å²) in [5, 5.41) is 8.07. The highest BCUT2D eigenvalue weighted by atomic mass is 19.2. The summed E-state index contributed by atoms with van der Waals surface area (Å²) in [6.45, 7) is 2.77. The predicted octanol–water partition coefficient (Wildman–Crippen LogP) is 4.46. The van der Waals surface area contributed by atoms with Gasteiger partial charge in [-0.15, -0.1) is 0 Å². The molecule has 0 radical (unpaired) electrons. The number of fused-ring (bicyclic) bond motifs is 1. The zero-order valence-electron chi connectivity index (χ0n) is 18.7. The number of ketones is 1. The maximum atomic E-state index is 13.4. The first kappa shape index (κ1) is 23.7. The standard InChI is InChI=1S/C25H22F2N6O2/c1-14-2-4-16(31-25(35)32-17-5-6-19(26)20(27)12-17)11-18(14)24(34)15-3-7-21-22(10-15)33-23(13-30-21)29-9-8-28/h2-7,10-13H,8-9,28H2,1H3,(H,29,33)(H2,31,32,35). The van der Waals surface area contributed by atoms with E-state index in [-0.39, 0.29) is 11.5 Å². The third kappa shape index (κ3) is 5.56. The number of carbonyl (C=O) groups excluding carboxylic acids is 2. The van der Waals surface area contributed by atoms with Crippen molar-refractivity contribution in [3.05, 3.63) is 89.1 Å². The lowest BCUT2D eigenvalue weighted by molar-refractivity contribution is 0.103. The molecule has 35 heavy (non-hydrogen) atoms. The lowest BCUT2D eigenvalue weighted by atomic mass is 9.98. The fraction of sp³-hybridized carbons (Fsp3) is 0.120. The highest BCUT2D eigenvalue weighted by molar-refractivity contribution is 6.12. The Morgan fingerprint density at radius 3 is 2.40 bits per heavy atom. The Kier molecular flexibility index (Phi) is 6.93. The van der Waals surface area contributed by atoms with Gasteiger partial charge in [0.05, 0.1) is 17.2 Å². The molecule has 8 nitrogen and oxygen atoms in total. The zero-order chi connectivity index (χ0) is 24.9. The van der Waals surface area contributed by atoms with Gasteiger partial charge in [-0.05, 0) is 55.0 Å². The minimum Gasteiger partial charge on any atom is -0.368 e. The van der Waals surface area contributed by atoms with Crippen LogP contribution in [0.1, 0.15) is 21.5 Å². The van der Waals surface area contributed by atoms with Crippen molar-refractivity contribution in [1.29, 1.82) is 0 Å². The zero-order valence-corrected chi connectivity index (χ0v) is 18.7. The number of aromatic nitrogens is 2. The Morgan fingerprint density at radius 2 is 1.66 bits per heavy atom. The number of anilines is 3. The summed E-state index contributed by atoms with van der Waals surface area (Å²) in [7, 11) is 0. The lowest BCUT2D eigenvalue weighted by Crippen LogP contribution is -2.20. The van der Waals surface area contributed by atoms with Gasteiger partial charge in [0.2, 0.25) is 0 Å². The van der Waals surface area contributed by atoms with Crippen molar-refractivity contribution < 1.29 is 18.4 Å². The molecule has 178 valence electrons. The fourth-order valence-electron chi connectivity index (χ4n) is 3.41. The third-order valence-corrected chi connectivity index (χ3v) is 5.17. The van der Waals surface area contributed by atoms with Gasteiger partial charge in [0.25, 0.3) is 0 Å². The van der Waals surface area contributed by atoms with E-state index in [9.17, 15) is 18.4 Å². The number of benzene rings is 3. The van der Waals surface area contributed by atoms with Crippen molar-refractivity contribution >= 4 is 40.0 Å². The van der Waals surface area contributed by atoms with Gasteiger partial charge in [-0.2, -0.15) is 0 Å². The fourth-order valence-corrected chi connectivity index (χ4v) is 3.41.